The minimum atomic E-state index is 0.558. The van der Waals surface area contributed by atoms with E-state index >= 15 is 0 Å². The molecule has 0 aliphatic rings. The first kappa shape index (κ1) is 10.8. The second-order valence-corrected chi connectivity index (χ2v) is 3.99. The zero-order chi connectivity index (χ0) is 10.6. The van der Waals surface area contributed by atoms with Gasteiger partial charge in [-0.15, -0.1) is 0 Å². The Hall–Kier alpha value is -1.24. The molecule has 0 aliphatic heterocycles. The van der Waals surface area contributed by atoms with Gasteiger partial charge in [0.05, 0.1) is 6.61 Å². The number of hydrogen-bond donors (Lipinski definition) is 0. The molecule has 0 saturated heterocycles. The maximum Gasteiger partial charge on any atom is 0.120 e. The lowest BCUT2D eigenvalue weighted by Gasteiger charge is -2.10. The van der Waals surface area contributed by atoms with Gasteiger partial charge in [-0.2, -0.15) is 0 Å². The topological polar surface area (TPSA) is 9.23 Å². The standard InChI is InChI=1S/C13H18O/c1-5-12-6-11(4)7-13(8-12)14-9-10(2)3/h5-8,10H,1,9H2,2-4H3. The van der Waals surface area contributed by atoms with Gasteiger partial charge in [-0.1, -0.05) is 32.6 Å². The van der Waals surface area contributed by atoms with Crippen molar-refractivity contribution in [2.24, 2.45) is 5.92 Å². The van der Waals surface area contributed by atoms with E-state index in [0.29, 0.717) is 5.92 Å². The summed E-state index contributed by atoms with van der Waals surface area (Å²) in [6.07, 6.45) is 1.84. The minimum absolute atomic E-state index is 0.558. The summed E-state index contributed by atoms with van der Waals surface area (Å²) in [5.74, 6) is 1.50. The number of benzene rings is 1. The molecule has 0 radical (unpaired) electrons. The zero-order valence-corrected chi connectivity index (χ0v) is 9.21. The van der Waals surface area contributed by atoms with Gasteiger partial charge < -0.3 is 4.74 Å². The molecule has 0 spiro atoms. The summed E-state index contributed by atoms with van der Waals surface area (Å²) in [7, 11) is 0. The second-order valence-electron chi connectivity index (χ2n) is 3.99. The smallest absolute Gasteiger partial charge is 0.120 e. The summed E-state index contributed by atoms with van der Waals surface area (Å²) >= 11 is 0. The highest BCUT2D eigenvalue weighted by molar-refractivity contribution is 5.51. The molecule has 1 aromatic carbocycles. The number of hydrogen-bond acceptors (Lipinski definition) is 1. The Kier molecular flexibility index (Phi) is 3.75. The predicted molar refractivity (Wildman–Crippen MR) is 61.6 cm³/mol. The lowest BCUT2D eigenvalue weighted by Crippen LogP contribution is -2.04. The summed E-state index contributed by atoms with van der Waals surface area (Å²) < 4.78 is 5.64. The van der Waals surface area contributed by atoms with Crippen molar-refractivity contribution in [3.63, 3.8) is 0 Å². The molecule has 1 heteroatoms. The van der Waals surface area contributed by atoms with E-state index in [0.717, 1.165) is 17.9 Å². The summed E-state index contributed by atoms with van der Waals surface area (Å²) in [4.78, 5) is 0. The molecular weight excluding hydrogens is 172 g/mol. The van der Waals surface area contributed by atoms with Crippen molar-refractivity contribution in [2.75, 3.05) is 6.61 Å². The van der Waals surface area contributed by atoms with Crippen LogP contribution in [0.5, 0.6) is 5.75 Å². The summed E-state index contributed by atoms with van der Waals surface area (Å²) in [5, 5.41) is 0. The fourth-order valence-electron chi connectivity index (χ4n) is 1.24. The Labute approximate surface area is 86.4 Å². The van der Waals surface area contributed by atoms with E-state index in [1.165, 1.54) is 5.56 Å². The van der Waals surface area contributed by atoms with Gasteiger partial charge >= 0.3 is 0 Å². The summed E-state index contributed by atoms with van der Waals surface area (Å²) in [6.45, 7) is 10.9. The second kappa shape index (κ2) is 4.85. The molecule has 1 rings (SSSR count). The van der Waals surface area contributed by atoms with Crippen molar-refractivity contribution < 1.29 is 4.74 Å². The monoisotopic (exact) mass is 190 g/mol. The van der Waals surface area contributed by atoms with E-state index in [4.69, 9.17) is 4.74 Å². The third-order valence-electron chi connectivity index (χ3n) is 1.89. The van der Waals surface area contributed by atoms with Crippen molar-refractivity contribution in [1.82, 2.24) is 0 Å². The molecule has 1 aromatic rings. The number of ether oxygens (including phenoxy) is 1. The Morgan fingerprint density at radius 3 is 2.64 bits per heavy atom. The first-order chi connectivity index (χ1) is 6.61. The van der Waals surface area contributed by atoms with Gasteiger partial charge in [-0.25, -0.2) is 0 Å². The Balaban J connectivity index is 2.76. The van der Waals surface area contributed by atoms with Gasteiger partial charge in [0.25, 0.3) is 0 Å². The Bertz CT molecular complexity index is 313. The molecule has 0 atom stereocenters. The van der Waals surface area contributed by atoms with Crippen LogP contribution in [0.25, 0.3) is 6.08 Å². The van der Waals surface area contributed by atoms with Crippen molar-refractivity contribution >= 4 is 6.08 Å². The largest absolute Gasteiger partial charge is 0.493 e. The van der Waals surface area contributed by atoms with E-state index in [2.05, 4.69) is 39.5 Å². The van der Waals surface area contributed by atoms with Crippen LogP contribution in [-0.4, -0.2) is 6.61 Å². The van der Waals surface area contributed by atoms with E-state index in [9.17, 15) is 0 Å². The zero-order valence-electron chi connectivity index (χ0n) is 9.21. The number of aryl methyl sites for hydroxylation is 1. The minimum Gasteiger partial charge on any atom is -0.493 e. The molecule has 0 bridgehead atoms. The first-order valence-corrected chi connectivity index (χ1v) is 4.98. The molecule has 0 heterocycles. The van der Waals surface area contributed by atoms with E-state index < -0.39 is 0 Å². The molecule has 0 amide bonds. The lowest BCUT2D eigenvalue weighted by molar-refractivity contribution is 0.271. The predicted octanol–water partition coefficient (Wildman–Crippen LogP) is 3.67. The highest BCUT2D eigenvalue weighted by atomic mass is 16.5. The molecule has 0 aliphatic carbocycles. The van der Waals surface area contributed by atoms with Crippen LogP contribution in [0.4, 0.5) is 0 Å². The van der Waals surface area contributed by atoms with Crippen LogP contribution in [0.1, 0.15) is 25.0 Å². The molecule has 14 heavy (non-hydrogen) atoms. The van der Waals surface area contributed by atoms with Crippen LogP contribution in [0.15, 0.2) is 24.8 Å². The molecule has 0 fully saturated rings. The fraction of sp³-hybridized carbons (Fsp3) is 0.385. The SMILES string of the molecule is C=Cc1cc(C)cc(OCC(C)C)c1. The van der Waals surface area contributed by atoms with E-state index in [-0.39, 0.29) is 0 Å². The average Bonchev–Trinajstić information content (AvgIpc) is 2.14. The molecule has 1 nitrogen and oxygen atoms in total. The highest BCUT2D eigenvalue weighted by Crippen LogP contribution is 2.18. The summed E-state index contributed by atoms with van der Waals surface area (Å²) in [5.41, 5.74) is 2.32. The highest BCUT2D eigenvalue weighted by Gasteiger charge is 1.99. The number of rotatable bonds is 4. The van der Waals surface area contributed by atoms with Gasteiger partial charge in [-0.05, 0) is 36.1 Å². The molecule has 0 unspecified atom stereocenters. The van der Waals surface area contributed by atoms with Gasteiger partial charge in [-0.3, -0.25) is 0 Å². The van der Waals surface area contributed by atoms with Crippen LogP contribution in [0.2, 0.25) is 0 Å². The normalized spacial score (nSPS) is 10.3. The van der Waals surface area contributed by atoms with Crippen LogP contribution in [-0.2, 0) is 0 Å². The maximum atomic E-state index is 5.64. The quantitative estimate of drug-likeness (QED) is 0.703. The average molecular weight is 190 g/mol. The van der Waals surface area contributed by atoms with Crippen LogP contribution in [0.3, 0.4) is 0 Å². The third-order valence-corrected chi connectivity index (χ3v) is 1.89. The molecular formula is C13H18O. The van der Waals surface area contributed by atoms with Gasteiger partial charge in [0.15, 0.2) is 0 Å². The van der Waals surface area contributed by atoms with Gasteiger partial charge in [0.1, 0.15) is 5.75 Å². The summed E-state index contributed by atoms with van der Waals surface area (Å²) in [6, 6.07) is 6.16. The van der Waals surface area contributed by atoms with Crippen LogP contribution < -0.4 is 4.74 Å². The van der Waals surface area contributed by atoms with E-state index in [1.807, 2.05) is 12.1 Å². The van der Waals surface area contributed by atoms with Gasteiger partial charge in [0.2, 0.25) is 0 Å². The third kappa shape index (κ3) is 3.25. The molecule has 0 N–H and O–H groups in total. The Morgan fingerprint density at radius 1 is 1.36 bits per heavy atom. The first-order valence-electron chi connectivity index (χ1n) is 4.98. The van der Waals surface area contributed by atoms with E-state index in [1.54, 1.807) is 0 Å². The fourth-order valence-corrected chi connectivity index (χ4v) is 1.24. The molecule has 0 saturated carbocycles. The van der Waals surface area contributed by atoms with Crippen LogP contribution in [0, 0.1) is 12.8 Å². The molecule has 76 valence electrons. The van der Waals surface area contributed by atoms with Gasteiger partial charge in [0, 0.05) is 0 Å². The van der Waals surface area contributed by atoms with Crippen molar-refractivity contribution in [3.05, 3.63) is 35.9 Å². The lowest BCUT2D eigenvalue weighted by atomic mass is 10.1. The van der Waals surface area contributed by atoms with Crippen molar-refractivity contribution in [3.8, 4) is 5.75 Å². The Morgan fingerprint density at radius 2 is 2.07 bits per heavy atom. The molecule has 0 aromatic heterocycles. The van der Waals surface area contributed by atoms with Crippen molar-refractivity contribution in [2.45, 2.75) is 20.8 Å². The maximum absolute atomic E-state index is 5.64. The van der Waals surface area contributed by atoms with Crippen molar-refractivity contribution in [1.29, 1.82) is 0 Å². The van der Waals surface area contributed by atoms with Crippen LogP contribution >= 0.6 is 0 Å².